The van der Waals surface area contributed by atoms with E-state index < -0.39 is 22.5 Å². The Bertz CT molecular complexity index is 1600. The maximum atomic E-state index is 12.6. The smallest absolute Gasteiger partial charge is 0.343 e. The number of para-hydroxylation sites is 1. The number of hydrogen-bond donors (Lipinski definition) is 2. The molecule has 10 nitrogen and oxygen atoms in total. The molecular formula is C29H21ClN4O6. The van der Waals surface area contributed by atoms with Crippen molar-refractivity contribution in [3.63, 3.8) is 0 Å². The largest absolute Gasteiger partial charge is 0.415 e. The number of nitro groups is 1. The number of halogens is 1. The van der Waals surface area contributed by atoms with Crippen molar-refractivity contribution >= 4 is 47.0 Å². The predicted octanol–water partition coefficient (Wildman–Crippen LogP) is 5.79. The summed E-state index contributed by atoms with van der Waals surface area (Å²) < 4.78 is 5.33. The minimum absolute atomic E-state index is 0.0889. The highest BCUT2D eigenvalue weighted by atomic mass is 35.5. The lowest BCUT2D eigenvalue weighted by Gasteiger charge is -2.08. The molecule has 0 aliphatic rings. The molecule has 2 N–H and O–H groups in total. The van der Waals surface area contributed by atoms with Crippen LogP contribution in [0.15, 0.2) is 96.1 Å². The molecule has 0 saturated heterocycles. The van der Waals surface area contributed by atoms with E-state index in [0.29, 0.717) is 16.3 Å². The Labute approximate surface area is 233 Å². The summed E-state index contributed by atoms with van der Waals surface area (Å²) in [5.74, 6) is -2.03. The number of carbonyl (C=O) groups excluding carboxylic acids is 3. The first-order valence-corrected chi connectivity index (χ1v) is 12.2. The van der Waals surface area contributed by atoms with Crippen LogP contribution in [0.1, 0.15) is 42.2 Å². The lowest BCUT2D eigenvalue weighted by molar-refractivity contribution is -0.385. The van der Waals surface area contributed by atoms with Gasteiger partial charge in [0.05, 0.1) is 16.7 Å². The van der Waals surface area contributed by atoms with Crippen LogP contribution in [0.2, 0.25) is 5.02 Å². The minimum Gasteiger partial charge on any atom is -0.415 e. The lowest BCUT2D eigenvalue weighted by Crippen LogP contribution is -2.18. The SMILES string of the molecule is Cc1ccc(C(=O)Nc2ccc(C(=O)N/N=C/c3cccc([N+](=O)[O-])c3OC(=O)c3ccc(Cl)cc3)cc2)cc1. The topological polar surface area (TPSA) is 140 Å². The number of anilines is 1. The van der Waals surface area contributed by atoms with Crippen molar-refractivity contribution in [3.05, 3.63) is 134 Å². The molecule has 11 heteroatoms. The van der Waals surface area contributed by atoms with E-state index in [9.17, 15) is 24.5 Å². The van der Waals surface area contributed by atoms with Gasteiger partial charge in [-0.15, -0.1) is 0 Å². The number of ether oxygens (including phenoxy) is 1. The summed E-state index contributed by atoms with van der Waals surface area (Å²) in [5.41, 5.74) is 4.37. The number of nitro benzene ring substituents is 1. The molecule has 0 saturated carbocycles. The van der Waals surface area contributed by atoms with E-state index in [1.807, 2.05) is 19.1 Å². The van der Waals surface area contributed by atoms with E-state index in [2.05, 4.69) is 15.8 Å². The Kier molecular flexibility index (Phi) is 8.62. The van der Waals surface area contributed by atoms with Crippen molar-refractivity contribution in [2.24, 2.45) is 5.10 Å². The molecule has 0 radical (unpaired) electrons. The molecule has 200 valence electrons. The lowest BCUT2D eigenvalue weighted by atomic mass is 10.1. The fourth-order valence-corrected chi connectivity index (χ4v) is 3.60. The number of hydrazone groups is 1. The third kappa shape index (κ3) is 6.94. The molecule has 0 heterocycles. The van der Waals surface area contributed by atoms with Crippen LogP contribution in [0.3, 0.4) is 0 Å². The van der Waals surface area contributed by atoms with E-state index in [1.54, 1.807) is 24.3 Å². The van der Waals surface area contributed by atoms with Gasteiger partial charge in [0, 0.05) is 33.5 Å². The second-order valence-corrected chi connectivity index (χ2v) is 8.88. The van der Waals surface area contributed by atoms with Crippen molar-refractivity contribution in [1.82, 2.24) is 5.43 Å². The van der Waals surface area contributed by atoms with E-state index in [0.717, 1.165) is 11.8 Å². The summed E-state index contributed by atoms with van der Waals surface area (Å²) in [4.78, 5) is 48.4. The van der Waals surface area contributed by atoms with Gasteiger partial charge in [0.25, 0.3) is 11.8 Å². The average Bonchev–Trinajstić information content (AvgIpc) is 2.94. The second kappa shape index (κ2) is 12.5. The van der Waals surface area contributed by atoms with Crippen LogP contribution in [0.4, 0.5) is 11.4 Å². The van der Waals surface area contributed by atoms with E-state index in [1.165, 1.54) is 54.6 Å². The zero-order chi connectivity index (χ0) is 28.6. The van der Waals surface area contributed by atoms with Crippen LogP contribution >= 0.6 is 11.6 Å². The van der Waals surface area contributed by atoms with Crippen molar-refractivity contribution in [2.45, 2.75) is 6.92 Å². The molecule has 0 aliphatic carbocycles. The number of nitrogens with zero attached hydrogens (tertiary/aromatic N) is 2. The predicted molar refractivity (Wildman–Crippen MR) is 150 cm³/mol. The number of carbonyl (C=O) groups is 3. The van der Waals surface area contributed by atoms with Gasteiger partial charge in [-0.3, -0.25) is 19.7 Å². The molecule has 40 heavy (non-hydrogen) atoms. The number of rotatable bonds is 8. The number of benzene rings is 4. The summed E-state index contributed by atoms with van der Waals surface area (Å²) in [5, 5.41) is 18.6. The van der Waals surface area contributed by atoms with Crippen molar-refractivity contribution in [1.29, 1.82) is 0 Å². The Hall–Kier alpha value is -5.35. The first-order valence-electron chi connectivity index (χ1n) is 11.8. The van der Waals surface area contributed by atoms with E-state index in [4.69, 9.17) is 16.3 Å². The third-order valence-corrected chi connectivity index (χ3v) is 5.84. The van der Waals surface area contributed by atoms with Crippen molar-refractivity contribution in [3.8, 4) is 5.75 Å². The number of amides is 2. The fraction of sp³-hybridized carbons (Fsp3) is 0.0345. The van der Waals surface area contributed by atoms with Gasteiger partial charge >= 0.3 is 11.7 Å². The zero-order valence-corrected chi connectivity index (χ0v) is 21.7. The van der Waals surface area contributed by atoms with E-state index >= 15 is 0 Å². The molecule has 4 rings (SSSR count). The van der Waals surface area contributed by atoms with Gasteiger partial charge in [-0.05, 0) is 73.7 Å². The Morgan fingerprint density at radius 2 is 1.45 bits per heavy atom. The molecule has 4 aromatic rings. The van der Waals surface area contributed by atoms with Gasteiger partial charge in [-0.1, -0.05) is 35.4 Å². The van der Waals surface area contributed by atoms with E-state index in [-0.39, 0.29) is 28.3 Å². The van der Waals surface area contributed by atoms with Gasteiger partial charge < -0.3 is 10.1 Å². The molecule has 0 bridgehead atoms. The molecule has 0 atom stereocenters. The summed E-state index contributed by atoms with van der Waals surface area (Å²) in [6, 6.07) is 23.1. The highest BCUT2D eigenvalue weighted by molar-refractivity contribution is 6.30. The van der Waals surface area contributed by atoms with Crippen LogP contribution in [0.5, 0.6) is 5.75 Å². The molecular weight excluding hydrogens is 536 g/mol. The number of aryl methyl sites for hydroxylation is 1. The van der Waals surface area contributed by atoms with Crippen LogP contribution in [0, 0.1) is 17.0 Å². The van der Waals surface area contributed by atoms with Gasteiger partial charge in [0.15, 0.2) is 0 Å². The summed E-state index contributed by atoms with van der Waals surface area (Å²) in [6.07, 6.45) is 1.13. The van der Waals surface area contributed by atoms with Gasteiger partial charge in [0.1, 0.15) is 0 Å². The van der Waals surface area contributed by atoms with Crippen LogP contribution < -0.4 is 15.5 Å². The van der Waals surface area contributed by atoms with Crippen LogP contribution in [0.25, 0.3) is 0 Å². The van der Waals surface area contributed by atoms with Crippen molar-refractivity contribution < 1.29 is 24.0 Å². The standard InChI is InChI=1S/C29H21ClN4O6/c1-18-5-7-19(8-6-18)27(35)32-24-15-11-20(12-16-24)28(36)33-31-17-22-3-2-4-25(34(38)39)26(22)40-29(37)21-9-13-23(30)14-10-21/h2-17H,1H3,(H,32,35)(H,33,36)/b31-17+. The highest BCUT2D eigenvalue weighted by Gasteiger charge is 2.22. The fourth-order valence-electron chi connectivity index (χ4n) is 3.47. The molecule has 0 spiro atoms. The maximum Gasteiger partial charge on any atom is 0.343 e. The van der Waals surface area contributed by atoms with Crippen LogP contribution in [-0.2, 0) is 0 Å². The first kappa shape index (κ1) is 27.7. The van der Waals surface area contributed by atoms with Crippen LogP contribution in [-0.4, -0.2) is 28.9 Å². The molecule has 0 fully saturated rings. The number of esters is 1. The molecule has 4 aromatic carbocycles. The monoisotopic (exact) mass is 556 g/mol. The normalized spacial score (nSPS) is 10.7. The maximum absolute atomic E-state index is 12.6. The Balaban J connectivity index is 1.43. The average molecular weight is 557 g/mol. The Morgan fingerprint density at radius 1 is 0.850 bits per heavy atom. The van der Waals surface area contributed by atoms with Gasteiger partial charge in [-0.25, -0.2) is 10.2 Å². The number of nitrogens with one attached hydrogen (secondary N) is 2. The first-order chi connectivity index (χ1) is 19.2. The van der Waals surface area contributed by atoms with Crippen molar-refractivity contribution in [2.75, 3.05) is 5.32 Å². The highest BCUT2D eigenvalue weighted by Crippen LogP contribution is 2.31. The quantitative estimate of drug-likeness (QED) is 0.0925. The zero-order valence-electron chi connectivity index (χ0n) is 21.0. The number of hydrogen-bond acceptors (Lipinski definition) is 7. The molecule has 0 unspecified atom stereocenters. The van der Waals surface area contributed by atoms with Gasteiger partial charge in [0.2, 0.25) is 5.75 Å². The second-order valence-electron chi connectivity index (χ2n) is 8.45. The minimum atomic E-state index is -0.834. The molecule has 2 amide bonds. The summed E-state index contributed by atoms with van der Waals surface area (Å²) >= 11 is 5.84. The molecule has 0 aromatic heterocycles. The van der Waals surface area contributed by atoms with Gasteiger partial charge in [-0.2, -0.15) is 5.10 Å². The third-order valence-electron chi connectivity index (χ3n) is 5.58. The molecule has 0 aliphatic heterocycles. The summed E-state index contributed by atoms with van der Waals surface area (Å²) in [7, 11) is 0. The Morgan fingerprint density at radius 3 is 2.10 bits per heavy atom. The summed E-state index contributed by atoms with van der Waals surface area (Å²) in [6.45, 7) is 1.93.